The van der Waals surface area contributed by atoms with Gasteiger partial charge in [-0.2, -0.15) is 0 Å². The van der Waals surface area contributed by atoms with Crippen LogP contribution in [0.3, 0.4) is 0 Å². The van der Waals surface area contributed by atoms with Crippen LogP contribution in [0.25, 0.3) is 0 Å². The average Bonchev–Trinajstić information content (AvgIpc) is 3.23. The Morgan fingerprint density at radius 2 is 0.949 bits per heavy atom. The minimum atomic E-state index is -4.30. The van der Waals surface area contributed by atoms with Crippen LogP contribution in [0.1, 0.15) is 162 Å². The fourth-order valence-corrected chi connectivity index (χ4v) is 6.34. The average molecular weight is 842 g/mol. The summed E-state index contributed by atoms with van der Waals surface area (Å²) >= 11 is 0. The van der Waals surface area contributed by atoms with Crippen molar-refractivity contribution in [3.63, 3.8) is 0 Å². The number of phosphoric acid groups is 1. The van der Waals surface area contributed by atoms with Crippen LogP contribution < -0.4 is 5.73 Å². The molecular weight excluding hydrogens is 758 g/mol. The van der Waals surface area contributed by atoms with Gasteiger partial charge in [-0.1, -0.05) is 168 Å². The third kappa shape index (κ3) is 46.1. The van der Waals surface area contributed by atoms with E-state index in [1.54, 1.807) is 0 Å². The maximum Gasteiger partial charge on any atom is 0.472 e. The molecule has 0 saturated heterocycles. The number of ether oxygens (including phenoxy) is 2. The number of carbonyl (C=O) groups excluding carboxylic acids is 1. The van der Waals surface area contributed by atoms with Crippen molar-refractivity contribution in [2.45, 2.75) is 168 Å². The minimum absolute atomic E-state index is 0.0853. The summed E-state index contributed by atoms with van der Waals surface area (Å²) in [7, 11) is -4.30. The molecule has 8 nitrogen and oxygen atoms in total. The second kappa shape index (κ2) is 46.2. The van der Waals surface area contributed by atoms with Crippen LogP contribution in [0.15, 0.2) is 109 Å². The maximum atomic E-state index is 12.6. The lowest BCUT2D eigenvalue weighted by molar-refractivity contribution is -0.154. The monoisotopic (exact) mass is 842 g/mol. The van der Waals surface area contributed by atoms with Crippen LogP contribution in [0.5, 0.6) is 0 Å². The molecule has 59 heavy (non-hydrogen) atoms. The number of carbonyl (C=O) groups is 1. The van der Waals surface area contributed by atoms with Crippen LogP contribution in [-0.4, -0.2) is 49.9 Å². The Kier molecular flexibility index (Phi) is 44.0. The summed E-state index contributed by atoms with van der Waals surface area (Å²) in [5.41, 5.74) is 5.37. The molecule has 0 aliphatic rings. The summed E-state index contributed by atoms with van der Waals surface area (Å²) in [6.07, 6.45) is 62.6. The first-order chi connectivity index (χ1) is 28.9. The second-order valence-corrected chi connectivity index (χ2v) is 16.0. The third-order valence-corrected chi connectivity index (χ3v) is 9.91. The zero-order valence-corrected chi connectivity index (χ0v) is 38.1. The zero-order chi connectivity index (χ0) is 43.0. The van der Waals surface area contributed by atoms with Crippen molar-refractivity contribution in [2.75, 3.05) is 33.0 Å². The molecule has 0 fully saturated rings. The van der Waals surface area contributed by atoms with E-state index in [1.165, 1.54) is 19.3 Å². The van der Waals surface area contributed by atoms with E-state index in [0.717, 1.165) is 122 Å². The maximum absolute atomic E-state index is 12.6. The van der Waals surface area contributed by atoms with E-state index in [0.29, 0.717) is 6.61 Å². The number of unbranched alkanes of at least 4 members (excludes halogenated alkanes) is 11. The Morgan fingerprint density at radius 1 is 0.525 bits per heavy atom. The van der Waals surface area contributed by atoms with Gasteiger partial charge in [0.05, 0.1) is 19.8 Å². The van der Waals surface area contributed by atoms with Gasteiger partial charge in [0.25, 0.3) is 0 Å². The number of allylic oxidation sites excluding steroid dienone is 18. The van der Waals surface area contributed by atoms with E-state index in [-0.39, 0.29) is 38.8 Å². The molecule has 0 aromatic carbocycles. The summed E-state index contributed by atoms with van der Waals surface area (Å²) < 4.78 is 33.4. The fraction of sp³-hybridized carbons (Fsp3) is 0.620. The van der Waals surface area contributed by atoms with Crippen molar-refractivity contribution in [2.24, 2.45) is 5.73 Å². The van der Waals surface area contributed by atoms with Crippen LogP contribution >= 0.6 is 7.82 Å². The van der Waals surface area contributed by atoms with Gasteiger partial charge in [-0.25, -0.2) is 4.57 Å². The fourth-order valence-electron chi connectivity index (χ4n) is 5.58. The van der Waals surface area contributed by atoms with Gasteiger partial charge in [0.15, 0.2) is 0 Å². The first-order valence-corrected chi connectivity index (χ1v) is 24.4. The summed E-state index contributed by atoms with van der Waals surface area (Å²) in [6.45, 7) is 4.65. The SMILES string of the molecule is CC/C=C\C/C=C\C/C=C\C/C=C\C/C=C\C/C=C\C/C=C\CCCCCCOCC(COP(=O)(O)OCCN)OC(=O)CCCCCCC/C=C\C/C=C\CCCC. The molecule has 0 rings (SSSR count). The first kappa shape index (κ1) is 56.2. The minimum Gasteiger partial charge on any atom is -0.457 e. The van der Waals surface area contributed by atoms with Crippen molar-refractivity contribution in [1.29, 1.82) is 0 Å². The number of rotatable bonds is 42. The smallest absolute Gasteiger partial charge is 0.457 e. The van der Waals surface area contributed by atoms with Gasteiger partial charge in [-0.05, 0) is 96.3 Å². The molecule has 0 bridgehead atoms. The van der Waals surface area contributed by atoms with Gasteiger partial charge >= 0.3 is 13.8 Å². The zero-order valence-electron chi connectivity index (χ0n) is 37.2. The number of hydrogen-bond acceptors (Lipinski definition) is 7. The largest absolute Gasteiger partial charge is 0.472 e. The Bertz CT molecular complexity index is 1260. The van der Waals surface area contributed by atoms with E-state index >= 15 is 0 Å². The molecule has 0 radical (unpaired) electrons. The molecule has 336 valence electrons. The predicted octanol–water partition coefficient (Wildman–Crippen LogP) is 14.0. The summed E-state index contributed by atoms with van der Waals surface area (Å²) in [5.74, 6) is -0.360. The van der Waals surface area contributed by atoms with Crippen LogP contribution in [0.4, 0.5) is 0 Å². The van der Waals surface area contributed by atoms with Crippen molar-refractivity contribution < 1.29 is 32.8 Å². The van der Waals surface area contributed by atoms with Crippen molar-refractivity contribution in [3.05, 3.63) is 109 Å². The molecule has 2 unspecified atom stereocenters. The summed E-state index contributed by atoms with van der Waals surface area (Å²) in [4.78, 5) is 22.5. The van der Waals surface area contributed by atoms with Gasteiger partial charge in [-0.3, -0.25) is 13.8 Å². The number of esters is 1. The summed E-state index contributed by atoms with van der Waals surface area (Å²) in [6, 6.07) is 0. The number of hydrogen-bond donors (Lipinski definition) is 2. The van der Waals surface area contributed by atoms with Gasteiger partial charge in [0.1, 0.15) is 6.10 Å². The Morgan fingerprint density at radius 3 is 1.42 bits per heavy atom. The Labute approximate surface area is 361 Å². The Balaban J connectivity index is 4.10. The quantitative estimate of drug-likeness (QED) is 0.0270. The van der Waals surface area contributed by atoms with Crippen molar-refractivity contribution in [1.82, 2.24) is 0 Å². The lowest BCUT2D eigenvalue weighted by atomic mass is 10.1. The summed E-state index contributed by atoms with van der Waals surface area (Å²) in [5, 5.41) is 0. The topological polar surface area (TPSA) is 117 Å². The molecule has 0 aromatic heterocycles. The molecule has 0 aliphatic heterocycles. The number of nitrogens with two attached hydrogens (primary N) is 1. The molecule has 0 heterocycles. The molecule has 0 saturated carbocycles. The first-order valence-electron chi connectivity index (χ1n) is 22.9. The van der Waals surface area contributed by atoms with E-state index in [4.69, 9.17) is 24.3 Å². The highest BCUT2D eigenvalue weighted by Gasteiger charge is 2.25. The van der Waals surface area contributed by atoms with Gasteiger partial charge < -0.3 is 20.1 Å². The van der Waals surface area contributed by atoms with Crippen LogP contribution in [0, 0.1) is 0 Å². The lowest BCUT2D eigenvalue weighted by Crippen LogP contribution is -2.28. The van der Waals surface area contributed by atoms with E-state index in [2.05, 4.69) is 123 Å². The highest BCUT2D eigenvalue weighted by Crippen LogP contribution is 2.43. The third-order valence-electron chi connectivity index (χ3n) is 8.92. The normalized spacial score (nSPS) is 14.4. The lowest BCUT2D eigenvalue weighted by Gasteiger charge is -2.20. The van der Waals surface area contributed by atoms with Crippen LogP contribution in [-0.2, 0) is 27.9 Å². The molecular formula is C50H84NO7P. The van der Waals surface area contributed by atoms with Crippen molar-refractivity contribution in [3.8, 4) is 0 Å². The Hall–Kier alpha value is -2.84. The molecule has 9 heteroatoms. The molecule has 0 aliphatic carbocycles. The molecule has 3 N–H and O–H groups in total. The van der Waals surface area contributed by atoms with Gasteiger partial charge in [0.2, 0.25) is 0 Å². The van der Waals surface area contributed by atoms with Gasteiger partial charge in [0, 0.05) is 19.6 Å². The number of phosphoric ester groups is 1. The molecule has 0 aromatic rings. The molecule has 0 spiro atoms. The van der Waals surface area contributed by atoms with E-state index < -0.39 is 13.9 Å². The standard InChI is InChI=1S/C50H84NO7P/c1-3-5-7-9-11-13-15-17-19-20-21-22-23-24-25-26-27-28-29-30-32-34-36-38-40-42-45-55-47-49(48-57-59(53,54)56-46-44-51)58-50(52)43-41-39-37-35-33-31-18-16-14-12-10-8-6-4-2/h5,7,10-13,16-19,21-22,24-25,27-28,30,32,49H,3-4,6,8-9,14-15,20,23,26,29,31,33-48,51H2,1-2H3,(H,53,54)/b7-5-,12-10-,13-11-,18-16-,19-17-,22-21-,25-24-,28-27-,32-30-. The highest BCUT2D eigenvalue weighted by atomic mass is 31.2. The predicted molar refractivity (Wildman–Crippen MR) is 251 cm³/mol. The highest BCUT2D eigenvalue weighted by molar-refractivity contribution is 7.47. The second-order valence-electron chi connectivity index (χ2n) is 14.5. The van der Waals surface area contributed by atoms with E-state index in [1.807, 2.05) is 0 Å². The van der Waals surface area contributed by atoms with E-state index in [9.17, 15) is 14.3 Å². The molecule has 0 amide bonds. The molecule has 2 atom stereocenters. The van der Waals surface area contributed by atoms with Crippen LogP contribution in [0.2, 0.25) is 0 Å². The van der Waals surface area contributed by atoms with Gasteiger partial charge in [-0.15, -0.1) is 0 Å². The van der Waals surface area contributed by atoms with Crippen molar-refractivity contribution >= 4 is 13.8 Å².